The van der Waals surface area contributed by atoms with E-state index in [1.165, 1.54) is 25.7 Å². The van der Waals surface area contributed by atoms with Gasteiger partial charge >= 0.3 is 0 Å². The summed E-state index contributed by atoms with van der Waals surface area (Å²) in [6, 6.07) is 8.73. The maximum absolute atomic E-state index is 11.4. The fourth-order valence-electron chi connectivity index (χ4n) is 2.13. The zero-order valence-electron chi connectivity index (χ0n) is 12.1. The second-order valence-corrected chi connectivity index (χ2v) is 6.36. The summed E-state index contributed by atoms with van der Waals surface area (Å²) in [7, 11) is -4.16. The van der Waals surface area contributed by atoms with Crippen LogP contribution >= 0.6 is 0 Å². The first-order valence-corrected chi connectivity index (χ1v) is 8.72. The van der Waals surface area contributed by atoms with Crippen molar-refractivity contribution in [2.75, 3.05) is 0 Å². The minimum atomic E-state index is -4.16. The Labute approximate surface area is 122 Å². The van der Waals surface area contributed by atoms with Crippen LogP contribution in [0.1, 0.15) is 57.4 Å². The standard InChI is InChI=1S/C16H24O3S/c1-2-3-4-5-6-7-11-14-16(20(17,18)19)15-12-9-8-10-13-15/h8-10,12-14H,2-7,11H2,1H3,(H,17,18,19). The first-order valence-electron chi connectivity index (χ1n) is 7.28. The highest BCUT2D eigenvalue weighted by Gasteiger charge is 2.15. The smallest absolute Gasteiger partial charge is 0.282 e. The van der Waals surface area contributed by atoms with Gasteiger partial charge in [-0.25, -0.2) is 0 Å². The van der Waals surface area contributed by atoms with Gasteiger partial charge in [0.2, 0.25) is 0 Å². The Kier molecular flexibility index (Phi) is 7.55. The van der Waals surface area contributed by atoms with Crippen molar-refractivity contribution >= 4 is 15.0 Å². The van der Waals surface area contributed by atoms with E-state index in [0.29, 0.717) is 12.0 Å². The minimum Gasteiger partial charge on any atom is -0.282 e. The number of hydrogen-bond donors (Lipinski definition) is 1. The first kappa shape index (κ1) is 16.9. The van der Waals surface area contributed by atoms with E-state index in [1.54, 1.807) is 30.3 Å². The van der Waals surface area contributed by atoms with E-state index in [-0.39, 0.29) is 4.91 Å². The summed E-state index contributed by atoms with van der Waals surface area (Å²) >= 11 is 0. The zero-order chi connectivity index (χ0) is 14.8. The third-order valence-corrected chi connectivity index (χ3v) is 4.18. The lowest BCUT2D eigenvalue weighted by Gasteiger charge is -2.04. The van der Waals surface area contributed by atoms with Gasteiger partial charge in [0.05, 0.1) is 4.91 Å². The molecule has 0 heterocycles. The van der Waals surface area contributed by atoms with Crippen LogP contribution in [-0.4, -0.2) is 13.0 Å². The fourth-order valence-corrected chi connectivity index (χ4v) is 2.89. The zero-order valence-corrected chi connectivity index (χ0v) is 12.9. The SMILES string of the molecule is CCCCCCCCC=C(c1ccccc1)S(=O)(=O)O. The van der Waals surface area contributed by atoms with Crippen molar-refractivity contribution in [1.29, 1.82) is 0 Å². The molecular weight excluding hydrogens is 272 g/mol. The predicted octanol–water partition coefficient (Wildman–Crippen LogP) is 4.67. The monoisotopic (exact) mass is 296 g/mol. The van der Waals surface area contributed by atoms with Crippen molar-refractivity contribution in [2.45, 2.75) is 51.9 Å². The molecule has 0 atom stereocenters. The summed E-state index contributed by atoms with van der Waals surface area (Å²) in [5, 5.41) is 0. The molecule has 0 radical (unpaired) electrons. The molecule has 0 fully saturated rings. The van der Waals surface area contributed by atoms with Crippen molar-refractivity contribution in [2.24, 2.45) is 0 Å². The van der Waals surface area contributed by atoms with Crippen LogP contribution in [0.2, 0.25) is 0 Å². The molecule has 3 nitrogen and oxygen atoms in total. The predicted molar refractivity (Wildman–Crippen MR) is 84.0 cm³/mol. The first-order chi connectivity index (χ1) is 9.55. The highest BCUT2D eigenvalue weighted by molar-refractivity contribution is 7.95. The van der Waals surface area contributed by atoms with Gasteiger partial charge in [-0.15, -0.1) is 0 Å². The van der Waals surface area contributed by atoms with Crippen LogP contribution in [-0.2, 0) is 10.1 Å². The molecule has 4 heteroatoms. The molecule has 1 aromatic carbocycles. The van der Waals surface area contributed by atoms with Gasteiger partial charge < -0.3 is 0 Å². The molecule has 0 aromatic heterocycles. The van der Waals surface area contributed by atoms with Gasteiger partial charge in [0.15, 0.2) is 0 Å². The van der Waals surface area contributed by atoms with E-state index in [2.05, 4.69) is 6.92 Å². The molecule has 0 saturated heterocycles. The Hall–Kier alpha value is -1.13. The van der Waals surface area contributed by atoms with Crippen LogP contribution in [0.5, 0.6) is 0 Å². The van der Waals surface area contributed by atoms with Crippen LogP contribution < -0.4 is 0 Å². The van der Waals surface area contributed by atoms with Crippen LogP contribution in [0.25, 0.3) is 4.91 Å². The lowest BCUT2D eigenvalue weighted by molar-refractivity contribution is 0.496. The second-order valence-electron chi connectivity index (χ2n) is 4.97. The third kappa shape index (κ3) is 6.35. The summed E-state index contributed by atoms with van der Waals surface area (Å²) in [6.07, 6.45) is 9.27. The molecule has 0 bridgehead atoms. The maximum atomic E-state index is 11.4. The second kappa shape index (κ2) is 8.93. The molecule has 0 unspecified atom stereocenters. The molecule has 20 heavy (non-hydrogen) atoms. The average molecular weight is 296 g/mol. The molecule has 0 aliphatic heterocycles. The molecule has 0 saturated carbocycles. The number of benzene rings is 1. The molecule has 0 spiro atoms. The maximum Gasteiger partial charge on any atom is 0.294 e. The van der Waals surface area contributed by atoms with Crippen molar-refractivity contribution in [3.63, 3.8) is 0 Å². The molecule has 0 amide bonds. The van der Waals surface area contributed by atoms with E-state index < -0.39 is 10.1 Å². The molecule has 0 aliphatic rings. The summed E-state index contributed by atoms with van der Waals surface area (Å²) in [5.74, 6) is 0. The van der Waals surface area contributed by atoms with Crippen molar-refractivity contribution < 1.29 is 13.0 Å². The molecule has 1 rings (SSSR count). The number of rotatable bonds is 9. The number of hydrogen-bond acceptors (Lipinski definition) is 2. The van der Waals surface area contributed by atoms with E-state index in [9.17, 15) is 13.0 Å². The van der Waals surface area contributed by atoms with Crippen molar-refractivity contribution in [3.05, 3.63) is 42.0 Å². The molecule has 1 aromatic rings. The largest absolute Gasteiger partial charge is 0.294 e. The van der Waals surface area contributed by atoms with Crippen LogP contribution in [0, 0.1) is 0 Å². The Morgan fingerprint density at radius 1 is 1.05 bits per heavy atom. The lowest BCUT2D eigenvalue weighted by atomic mass is 10.1. The fraction of sp³-hybridized carbons (Fsp3) is 0.500. The van der Waals surface area contributed by atoms with Gasteiger partial charge in [-0.1, -0.05) is 75.4 Å². The number of allylic oxidation sites excluding steroid dienone is 1. The Morgan fingerprint density at radius 3 is 2.25 bits per heavy atom. The molecule has 112 valence electrons. The van der Waals surface area contributed by atoms with E-state index >= 15 is 0 Å². The summed E-state index contributed by atoms with van der Waals surface area (Å²) in [5.41, 5.74) is 0.543. The van der Waals surface area contributed by atoms with Crippen LogP contribution in [0.3, 0.4) is 0 Å². The number of unbranched alkanes of at least 4 members (excludes halogenated alkanes) is 6. The quantitative estimate of drug-likeness (QED) is 0.532. The highest BCUT2D eigenvalue weighted by atomic mass is 32.2. The Bertz CT molecular complexity index is 504. The lowest BCUT2D eigenvalue weighted by Crippen LogP contribution is -2.01. The highest BCUT2D eigenvalue weighted by Crippen LogP contribution is 2.21. The molecule has 0 aliphatic carbocycles. The minimum absolute atomic E-state index is 0.0201. The van der Waals surface area contributed by atoms with Gasteiger partial charge in [0.25, 0.3) is 10.1 Å². The Morgan fingerprint density at radius 2 is 1.65 bits per heavy atom. The van der Waals surface area contributed by atoms with Gasteiger partial charge in [-0.2, -0.15) is 8.42 Å². The topological polar surface area (TPSA) is 54.4 Å². The van der Waals surface area contributed by atoms with Gasteiger partial charge in [-0.3, -0.25) is 4.55 Å². The normalized spacial score (nSPS) is 12.6. The summed E-state index contributed by atoms with van der Waals surface area (Å²) in [4.78, 5) is 0.0201. The van der Waals surface area contributed by atoms with E-state index in [0.717, 1.165) is 12.8 Å². The van der Waals surface area contributed by atoms with E-state index in [1.807, 2.05) is 6.07 Å². The molecular formula is C16H24O3S. The third-order valence-electron chi connectivity index (χ3n) is 3.22. The van der Waals surface area contributed by atoms with Gasteiger partial charge in [-0.05, 0) is 18.4 Å². The van der Waals surface area contributed by atoms with Gasteiger partial charge in [0.1, 0.15) is 0 Å². The van der Waals surface area contributed by atoms with Crippen molar-refractivity contribution in [3.8, 4) is 0 Å². The molecule has 1 N–H and O–H groups in total. The summed E-state index contributed by atoms with van der Waals surface area (Å²) in [6.45, 7) is 2.18. The van der Waals surface area contributed by atoms with Crippen molar-refractivity contribution in [1.82, 2.24) is 0 Å². The van der Waals surface area contributed by atoms with E-state index in [4.69, 9.17) is 0 Å². The van der Waals surface area contributed by atoms with Crippen LogP contribution in [0.4, 0.5) is 0 Å². The Balaban J connectivity index is 2.56. The van der Waals surface area contributed by atoms with Gasteiger partial charge in [0, 0.05) is 0 Å². The average Bonchev–Trinajstić information content (AvgIpc) is 2.41. The van der Waals surface area contributed by atoms with Crippen LogP contribution in [0.15, 0.2) is 36.4 Å². The summed E-state index contributed by atoms with van der Waals surface area (Å²) < 4.78 is 32.2.